The van der Waals surface area contributed by atoms with Gasteiger partial charge in [-0.1, -0.05) is 56.2 Å². The van der Waals surface area contributed by atoms with Gasteiger partial charge in [0.2, 0.25) is 12.1 Å². The van der Waals surface area contributed by atoms with Crippen LogP contribution in [-0.4, -0.2) is 27.9 Å². The molecule has 0 saturated carbocycles. The molecular weight excluding hydrogens is 362 g/mol. The first-order chi connectivity index (χ1) is 14.2. The normalized spacial score (nSPS) is 17.4. The van der Waals surface area contributed by atoms with Crippen molar-refractivity contribution < 1.29 is 4.74 Å². The van der Waals surface area contributed by atoms with E-state index in [-0.39, 0.29) is 0 Å². The van der Waals surface area contributed by atoms with Crippen molar-refractivity contribution in [3.8, 4) is 23.6 Å². The molecule has 29 heavy (non-hydrogen) atoms. The van der Waals surface area contributed by atoms with E-state index in [1.165, 1.54) is 0 Å². The zero-order valence-electron chi connectivity index (χ0n) is 17.0. The highest BCUT2D eigenvalue weighted by atomic mass is 16.5. The lowest BCUT2D eigenvalue weighted by Crippen LogP contribution is -2.20. The topological polar surface area (TPSA) is 76.6 Å². The minimum absolute atomic E-state index is 0.304. The fraction of sp³-hybridized carbons (Fsp3) is 0.261. The number of hydrogen-bond acceptors (Lipinski definition) is 6. The summed E-state index contributed by atoms with van der Waals surface area (Å²) < 4.78 is 6.06. The van der Waals surface area contributed by atoms with E-state index in [2.05, 4.69) is 28.2 Å². The molecule has 0 bridgehead atoms. The number of ether oxygens (including phenoxy) is 1. The molecule has 6 nitrogen and oxygen atoms in total. The second kappa shape index (κ2) is 9.07. The van der Waals surface area contributed by atoms with Gasteiger partial charge in [-0.3, -0.25) is 5.01 Å². The molecule has 1 aromatic carbocycles. The number of allylic oxidation sites excluding steroid dienone is 2. The molecule has 148 valence electrons. The van der Waals surface area contributed by atoms with Crippen LogP contribution in [-0.2, 0) is 4.74 Å². The zero-order valence-corrected chi connectivity index (χ0v) is 17.0. The molecule has 2 aliphatic rings. The summed E-state index contributed by atoms with van der Waals surface area (Å²) in [7, 11) is 1.83. The molecule has 0 fully saturated rings. The summed E-state index contributed by atoms with van der Waals surface area (Å²) in [6.45, 7) is 4.00. The molecule has 0 saturated heterocycles. The number of anilines is 1. The third-order valence-corrected chi connectivity index (χ3v) is 4.47. The molecule has 1 unspecified atom stereocenters. The Morgan fingerprint density at radius 1 is 1.24 bits per heavy atom. The number of benzene rings is 1. The smallest absolute Gasteiger partial charge is 0.240 e. The van der Waals surface area contributed by atoms with Crippen LogP contribution < -0.4 is 5.73 Å². The molecule has 6 heteroatoms. The fourth-order valence-corrected chi connectivity index (χ4v) is 3.09. The van der Waals surface area contributed by atoms with E-state index in [1.54, 1.807) is 11.2 Å². The van der Waals surface area contributed by atoms with Crippen molar-refractivity contribution >= 4 is 11.7 Å². The third kappa shape index (κ3) is 4.14. The van der Waals surface area contributed by atoms with Gasteiger partial charge in [0, 0.05) is 23.7 Å². The van der Waals surface area contributed by atoms with Crippen molar-refractivity contribution in [2.75, 3.05) is 12.8 Å². The summed E-state index contributed by atoms with van der Waals surface area (Å²) in [5, 5.41) is 6.20. The molecule has 1 aliphatic heterocycles. The molecule has 1 atom stereocenters. The van der Waals surface area contributed by atoms with Gasteiger partial charge in [-0.25, -0.2) is 9.97 Å². The summed E-state index contributed by atoms with van der Waals surface area (Å²) in [4.78, 5) is 9.01. The van der Waals surface area contributed by atoms with Crippen LogP contribution in [0.2, 0.25) is 0 Å². The van der Waals surface area contributed by atoms with E-state index < -0.39 is 6.23 Å². The van der Waals surface area contributed by atoms with E-state index in [0.29, 0.717) is 23.1 Å². The Balaban J connectivity index is 0.00000117. The molecule has 1 aromatic heterocycles. The summed E-state index contributed by atoms with van der Waals surface area (Å²) >= 11 is 0. The second-order valence-corrected chi connectivity index (χ2v) is 6.30. The monoisotopic (exact) mass is 387 g/mol. The highest BCUT2D eigenvalue weighted by molar-refractivity contribution is 5.97. The van der Waals surface area contributed by atoms with Crippen molar-refractivity contribution in [1.29, 1.82) is 0 Å². The van der Waals surface area contributed by atoms with E-state index >= 15 is 0 Å². The van der Waals surface area contributed by atoms with Crippen molar-refractivity contribution in [1.82, 2.24) is 15.0 Å². The van der Waals surface area contributed by atoms with Crippen LogP contribution in [0.1, 0.15) is 44.2 Å². The summed E-state index contributed by atoms with van der Waals surface area (Å²) in [5.41, 5.74) is 9.81. The van der Waals surface area contributed by atoms with E-state index in [0.717, 1.165) is 29.5 Å². The summed E-state index contributed by atoms with van der Waals surface area (Å²) in [6, 6.07) is 7.59. The van der Waals surface area contributed by atoms with Crippen LogP contribution in [0.25, 0.3) is 11.3 Å². The molecule has 1 aliphatic carbocycles. The van der Waals surface area contributed by atoms with Crippen molar-refractivity contribution in [3.63, 3.8) is 0 Å². The average Bonchev–Trinajstić information content (AvgIpc) is 3.17. The maximum atomic E-state index is 6.10. The highest BCUT2D eigenvalue weighted by Crippen LogP contribution is 2.32. The molecule has 4 rings (SSSR count). The Morgan fingerprint density at radius 2 is 2.03 bits per heavy atom. The first kappa shape index (κ1) is 20.2. The SMILES string of the molecule is C#Cc1ccccc1-c1cnc(N)c(C2OC(C3=CCCC=C3)=NN2C)n1.CC. The molecule has 2 N–H and O–H groups in total. The minimum atomic E-state index is -0.540. The number of nitrogens with zero attached hydrogens (tertiary/aromatic N) is 4. The average molecular weight is 387 g/mol. The van der Waals surface area contributed by atoms with E-state index in [4.69, 9.17) is 21.9 Å². The Hall–Kier alpha value is -3.59. The lowest BCUT2D eigenvalue weighted by molar-refractivity contribution is 0.0744. The van der Waals surface area contributed by atoms with Gasteiger partial charge in [0.15, 0.2) is 5.82 Å². The molecule has 0 spiro atoms. The fourth-order valence-electron chi connectivity index (χ4n) is 3.09. The first-order valence-corrected chi connectivity index (χ1v) is 9.71. The van der Waals surface area contributed by atoms with Crippen molar-refractivity contribution in [2.24, 2.45) is 5.10 Å². The van der Waals surface area contributed by atoms with Gasteiger partial charge in [0.1, 0.15) is 5.69 Å². The Labute approximate surface area is 171 Å². The van der Waals surface area contributed by atoms with Crippen molar-refractivity contribution in [3.05, 3.63) is 65.5 Å². The van der Waals surface area contributed by atoms with Crippen LogP contribution in [0.15, 0.2) is 59.4 Å². The van der Waals surface area contributed by atoms with E-state index in [9.17, 15) is 0 Å². The number of rotatable bonds is 3. The van der Waals surface area contributed by atoms with Gasteiger partial charge in [-0.2, -0.15) is 0 Å². The van der Waals surface area contributed by atoms with Crippen LogP contribution >= 0.6 is 0 Å². The number of nitrogens with two attached hydrogens (primary N) is 1. The Bertz CT molecular complexity index is 1020. The van der Waals surface area contributed by atoms with Crippen LogP contribution in [0.5, 0.6) is 0 Å². The predicted molar refractivity (Wildman–Crippen MR) is 117 cm³/mol. The van der Waals surface area contributed by atoms with Gasteiger partial charge in [0.05, 0.1) is 11.9 Å². The molecule has 2 aromatic rings. The van der Waals surface area contributed by atoms with Crippen molar-refractivity contribution in [2.45, 2.75) is 32.9 Å². The number of hydrazone groups is 1. The molecule has 2 heterocycles. The van der Waals surface area contributed by atoms with Crippen LogP contribution in [0, 0.1) is 12.3 Å². The lowest BCUT2D eigenvalue weighted by atomic mass is 10.1. The minimum Gasteiger partial charge on any atom is -0.444 e. The van der Waals surface area contributed by atoms with Gasteiger partial charge in [-0.15, -0.1) is 11.5 Å². The zero-order chi connectivity index (χ0) is 20.8. The number of aromatic nitrogens is 2. The maximum Gasteiger partial charge on any atom is 0.240 e. The third-order valence-electron chi connectivity index (χ3n) is 4.47. The van der Waals surface area contributed by atoms with Gasteiger partial charge in [0.25, 0.3) is 0 Å². The van der Waals surface area contributed by atoms with Gasteiger partial charge in [-0.05, 0) is 18.9 Å². The lowest BCUT2D eigenvalue weighted by Gasteiger charge is -2.19. The van der Waals surface area contributed by atoms with Gasteiger partial charge < -0.3 is 10.5 Å². The number of terminal acetylenes is 1. The highest BCUT2D eigenvalue weighted by Gasteiger charge is 2.32. The maximum absolute atomic E-state index is 6.10. The Kier molecular flexibility index (Phi) is 6.30. The molecule has 0 amide bonds. The summed E-state index contributed by atoms with van der Waals surface area (Å²) in [5.74, 6) is 3.55. The van der Waals surface area contributed by atoms with E-state index in [1.807, 2.05) is 51.2 Å². The van der Waals surface area contributed by atoms with Crippen LogP contribution in [0.3, 0.4) is 0 Å². The summed E-state index contributed by atoms with van der Waals surface area (Å²) in [6.07, 6.45) is 15.0. The standard InChI is InChI=1S/C21H19N5O.C2H6/c1-3-14-9-7-8-12-16(14)17-13-23-19(22)18(24-17)21-26(2)25-20(27-21)15-10-5-4-6-11-15;1-2/h1,5,7-13,21H,4,6H2,2H3,(H2,22,23);1-2H3. The quantitative estimate of drug-likeness (QED) is 0.795. The largest absolute Gasteiger partial charge is 0.444 e. The predicted octanol–water partition coefficient (Wildman–Crippen LogP) is 4.28. The Morgan fingerprint density at radius 3 is 2.76 bits per heavy atom. The van der Waals surface area contributed by atoms with Gasteiger partial charge >= 0.3 is 0 Å². The molecular formula is C23H25N5O. The van der Waals surface area contributed by atoms with Crippen LogP contribution in [0.4, 0.5) is 5.82 Å². The first-order valence-electron chi connectivity index (χ1n) is 9.71. The number of nitrogen functional groups attached to an aromatic ring is 1. The number of hydrogen-bond donors (Lipinski definition) is 1. The molecule has 0 radical (unpaired) electrons. The second-order valence-electron chi connectivity index (χ2n) is 6.30.